The van der Waals surface area contributed by atoms with E-state index < -0.39 is 0 Å². The molecule has 0 aliphatic carbocycles. The number of hydrogen-bond acceptors (Lipinski definition) is 5. The Morgan fingerprint density at radius 2 is 2.11 bits per heavy atom. The van der Waals surface area contributed by atoms with Gasteiger partial charge in [0.25, 0.3) is 5.91 Å². The Kier molecular flexibility index (Phi) is 5.53. The molecule has 0 saturated carbocycles. The lowest BCUT2D eigenvalue weighted by Crippen LogP contribution is -2.37. The van der Waals surface area contributed by atoms with Crippen molar-refractivity contribution in [2.75, 3.05) is 26.2 Å². The Morgan fingerprint density at radius 1 is 1.26 bits per heavy atom. The molecule has 27 heavy (non-hydrogen) atoms. The fourth-order valence-electron chi connectivity index (χ4n) is 4.14. The van der Waals surface area contributed by atoms with E-state index in [0.717, 1.165) is 64.1 Å². The summed E-state index contributed by atoms with van der Waals surface area (Å²) in [6.07, 6.45) is 8.09. The van der Waals surface area contributed by atoms with Gasteiger partial charge in [0.1, 0.15) is 0 Å². The number of piperidine rings is 2. The van der Waals surface area contributed by atoms with Crippen LogP contribution < -0.4 is 0 Å². The second kappa shape index (κ2) is 8.21. The molecule has 2 aliphatic heterocycles. The van der Waals surface area contributed by atoms with Crippen LogP contribution in [0, 0.1) is 5.92 Å². The molecule has 2 fully saturated rings. The van der Waals surface area contributed by atoms with Crippen molar-refractivity contribution in [3.63, 3.8) is 0 Å². The molecular formula is C21H28N4O2. The van der Waals surface area contributed by atoms with Gasteiger partial charge in [-0.2, -0.15) is 0 Å². The molecule has 6 nitrogen and oxygen atoms in total. The fraction of sp³-hybridized carbons (Fsp3) is 0.571. The molecule has 1 amide bonds. The van der Waals surface area contributed by atoms with Gasteiger partial charge in [-0.3, -0.25) is 14.7 Å². The van der Waals surface area contributed by atoms with E-state index >= 15 is 0 Å². The normalized spacial score (nSPS) is 22.1. The first kappa shape index (κ1) is 18.2. The van der Waals surface area contributed by atoms with E-state index in [-0.39, 0.29) is 5.91 Å². The Bertz CT molecular complexity index is 753. The maximum Gasteiger partial charge on any atom is 0.292 e. The highest BCUT2D eigenvalue weighted by atomic mass is 16.5. The average Bonchev–Trinajstić information content (AvgIpc) is 3.19. The highest BCUT2D eigenvalue weighted by molar-refractivity contribution is 5.91. The Balaban J connectivity index is 1.38. The van der Waals surface area contributed by atoms with Crippen molar-refractivity contribution in [3.05, 3.63) is 47.6 Å². The number of pyridine rings is 1. The topological polar surface area (TPSA) is 62.5 Å². The van der Waals surface area contributed by atoms with Crippen molar-refractivity contribution in [3.8, 4) is 0 Å². The van der Waals surface area contributed by atoms with Gasteiger partial charge < -0.3 is 9.42 Å². The van der Waals surface area contributed by atoms with E-state index in [0.29, 0.717) is 17.6 Å². The van der Waals surface area contributed by atoms with Crippen molar-refractivity contribution in [1.82, 2.24) is 19.9 Å². The zero-order valence-electron chi connectivity index (χ0n) is 16.0. The highest BCUT2D eigenvalue weighted by Gasteiger charge is 2.28. The SMILES string of the molecule is CC1CCN(C(=O)c2cc([C@@H]3CCCN(Cc4cccnc4)C3)no2)CC1. The minimum atomic E-state index is -0.0105. The number of carbonyl (C=O) groups excluding carboxylic acids is 1. The molecule has 0 radical (unpaired) electrons. The first-order chi connectivity index (χ1) is 13.2. The van der Waals surface area contributed by atoms with Crippen LogP contribution in [0.25, 0.3) is 0 Å². The Labute approximate surface area is 160 Å². The summed E-state index contributed by atoms with van der Waals surface area (Å²) in [5, 5.41) is 4.25. The van der Waals surface area contributed by atoms with Gasteiger partial charge in [-0.15, -0.1) is 0 Å². The molecule has 6 heteroatoms. The van der Waals surface area contributed by atoms with Crippen molar-refractivity contribution in [1.29, 1.82) is 0 Å². The summed E-state index contributed by atoms with van der Waals surface area (Å²) < 4.78 is 5.44. The third-order valence-corrected chi connectivity index (χ3v) is 5.86. The zero-order chi connectivity index (χ0) is 18.6. The number of carbonyl (C=O) groups is 1. The maximum atomic E-state index is 12.7. The van der Waals surface area contributed by atoms with Crippen LogP contribution in [0.15, 0.2) is 35.1 Å². The minimum Gasteiger partial charge on any atom is -0.351 e. The number of amides is 1. The molecule has 144 valence electrons. The van der Waals surface area contributed by atoms with Gasteiger partial charge in [0.15, 0.2) is 0 Å². The number of aromatic nitrogens is 2. The van der Waals surface area contributed by atoms with E-state index in [1.165, 1.54) is 5.56 Å². The summed E-state index contributed by atoms with van der Waals surface area (Å²) in [7, 11) is 0. The van der Waals surface area contributed by atoms with Gasteiger partial charge >= 0.3 is 0 Å². The van der Waals surface area contributed by atoms with E-state index in [9.17, 15) is 4.79 Å². The first-order valence-electron chi connectivity index (χ1n) is 10.1. The smallest absolute Gasteiger partial charge is 0.292 e. The quantitative estimate of drug-likeness (QED) is 0.828. The number of rotatable bonds is 4. The zero-order valence-corrected chi connectivity index (χ0v) is 16.0. The number of nitrogens with zero attached hydrogens (tertiary/aromatic N) is 4. The molecule has 4 rings (SSSR count). The van der Waals surface area contributed by atoms with Crippen molar-refractivity contribution in [2.24, 2.45) is 5.92 Å². The van der Waals surface area contributed by atoms with Crippen LogP contribution in [-0.4, -0.2) is 52.0 Å². The maximum absolute atomic E-state index is 12.7. The second-order valence-corrected chi connectivity index (χ2v) is 8.03. The van der Waals surface area contributed by atoms with E-state index in [2.05, 4.69) is 28.0 Å². The molecule has 4 heterocycles. The van der Waals surface area contributed by atoms with Gasteiger partial charge in [-0.05, 0) is 49.8 Å². The van der Waals surface area contributed by atoms with Gasteiger partial charge in [0.05, 0.1) is 5.69 Å². The third-order valence-electron chi connectivity index (χ3n) is 5.86. The standard InChI is InChI=1S/C21H28N4O2/c1-16-6-10-25(11-7-16)21(26)20-12-19(23-27-20)18-5-3-9-24(15-18)14-17-4-2-8-22-13-17/h2,4,8,12-13,16,18H,3,5-7,9-11,14-15H2,1H3/t18-/m1/s1. The highest BCUT2D eigenvalue weighted by Crippen LogP contribution is 2.28. The van der Waals surface area contributed by atoms with Crippen LogP contribution in [0.1, 0.15) is 60.3 Å². The third kappa shape index (κ3) is 4.38. The van der Waals surface area contributed by atoms with Gasteiger partial charge in [-0.1, -0.05) is 18.1 Å². The lowest BCUT2D eigenvalue weighted by molar-refractivity contribution is 0.0655. The molecule has 2 saturated heterocycles. The molecule has 0 unspecified atom stereocenters. The predicted molar refractivity (Wildman–Crippen MR) is 102 cm³/mol. The largest absolute Gasteiger partial charge is 0.351 e. The van der Waals surface area contributed by atoms with Crippen LogP contribution in [0.5, 0.6) is 0 Å². The summed E-state index contributed by atoms with van der Waals surface area (Å²) in [6.45, 7) is 6.81. The van der Waals surface area contributed by atoms with Gasteiger partial charge in [-0.25, -0.2) is 0 Å². The monoisotopic (exact) mass is 368 g/mol. The lowest BCUT2D eigenvalue weighted by Gasteiger charge is -2.31. The molecule has 1 atom stereocenters. The first-order valence-corrected chi connectivity index (χ1v) is 10.1. The van der Waals surface area contributed by atoms with Crippen molar-refractivity contribution in [2.45, 2.75) is 45.1 Å². The van der Waals surface area contributed by atoms with Crippen LogP contribution in [0.2, 0.25) is 0 Å². The molecule has 2 aliphatic rings. The molecule has 0 N–H and O–H groups in total. The molecule has 0 bridgehead atoms. The van der Waals surface area contributed by atoms with Gasteiger partial charge in [0.2, 0.25) is 5.76 Å². The molecule has 0 aromatic carbocycles. The average molecular weight is 368 g/mol. The number of likely N-dealkylation sites (tertiary alicyclic amines) is 2. The molecular weight excluding hydrogens is 340 g/mol. The minimum absolute atomic E-state index is 0.0105. The van der Waals surface area contributed by atoms with E-state index in [1.807, 2.05) is 23.2 Å². The van der Waals surface area contributed by atoms with Crippen LogP contribution >= 0.6 is 0 Å². The molecule has 2 aromatic heterocycles. The van der Waals surface area contributed by atoms with Crippen molar-refractivity contribution >= 4 is 5.91 Å². The fourth-order valence-corrected chi connectivity index (χ4v) is 4.14. The van der Waals surface area contributed by atoms with Crippen LogP contribution in [-0.2, 0) is 6.54 Å². The summed E-state index contributed by atoms with van der Waals surface area (Å²) in [4.78, 5) is 21.2. The molecule has 2 aromatic rings. The van der Waals surface area contributed by atoms with Crippen molar-refractivity contribution < 1.29 is 9.32 Å². The van der Waals surface area contributed by atoms with E-state index in [4.69, 9.17) is 4.52 Å². The second-order valence-electron chi connectivity index (χ2n) is 8.03. The Morgan fingerprint density at radius 3 is 2.89 bits per heavy atom. The van der Waals surface area contributed by atoms with Crippen LogP contribution in [0.3, 0.4) is 0 Å². The number of hydrogen-bond donors (Lipinski definition) is 0. The predicted octanol–water partition coefficient (Wildman–Crippen LogP) is 3.32. The van der Waals surface area contributed by atoms with Crippen LogP contribution in [0.4, 0.5) is 0 Å². The summed E-state index contributed by atoms with van der Waals surface area (Å²) >= 11 is 0. The summed E-state index contributed by atoms with van der Waals surface area (Å²) in [6, 6.07) is 5.97. The summed E-state index contributed by atoms with van der Waals surface area (Å²) in [5.41, 5.74) is 2.15. The lowest BCUT2D eigenvalue weighted by atomic mass is 9.94. The van der Waals surface area contributed by atoms with Gasteiger partial charge in [0, 0.05) is 50.6 Å². The van der Waals surface area contributed by atoms with E-state index in [1.54, 1.807) is 6.20 Å². The summed E-state index contributed by atoms with van der Waals surface area (Å²) in [5.74, 6) is 1.40. The Hall–Kier alpha value is -2.21. The molecule has 0 spiro atoms.